The molecular weight excluding hydrogens is 594 g/mol. The molecule has 7 aliphatic rings. The van der Waals surface area contributed by atoms with E-state index >= 15 is 0 Å². The number of carboxylic acids is 1. The molecule has 1 saturated heterocycles. The Labute approximate surface area is 289 Å². The average molecular weight is 656 g/mol. The maximum Gasteiger partial charge on any atom is 0.335 e. The quantitative estimate of drug-likeness (QED) is 0.315. The Bertz CT molecular complexity index is 1440. The Morgan fingerprint density at radius 2 is 1.56 bits per heavy atom. The molecule has 6 fully saturated rings. The lowest BCUT2D eigenvalue weighted by atomic mass is 9.37. The highest BCUT2D eigenvalue weighted by Gasteiger charge is 2.65. The van der Waals surface area contributed by atoms with Crippen molar-refractivity contribution in [2.24, 2.45) is 51.8 Å². The first kappa shape index (κ1) is 33.0. The van der Waals surface area contributed by atoms with Gasteiger partial charge < -0.3 is 15.3 Å². The van der Waals surface area contributed by atoms with E-state index in [-0.39, 0.29) is 5.41 Å². The van der Waals surface area contributed by atoms with Gasteiger partial charge in [0.2, 0.25) is 5.91 Å². The van der Waals surface area contributed by atoms with Crippen LogP contribution in [0.5, 0.6) is 0 Å². The fourth-order valence-corrected chi connectivity index (χ4v) is 13.7. The highest BCUT2D eigenvalue weighted by atomic mass is 16.4. The van der Waals surface area contributed by atoms with Gasteiger partial charge in [-0.25, -0.2) is 4.79 Å². The number of nitrogens with one attached hydrogen (secondary N) is 1. The van der Waals surface area contributed by atoms with Gasteiger partial charge in [-0.05, 0) is 140 Å². The van der Waals surface area contributed by atoms with Crippen molar-refractivity contribution >= 4 is 17.4 Å². The molecule has 6 nitrogen and oxygen atoms in total. The number of carbonyl (C=O) groups is 2. The molecule has 0 radical (unpaired) electrons. The molecule has 8 rings (SSSR count). The summed E-state index contributed by atoms with van der Waals surface area (Å²) < 4.78 is 0. The normalized spacial score (nSPS) is 40.6. The molecule has 5 saturated carbocycles. The summed E-state index contributed by atoms with van der Waals surface area (Å²) in [6.45, 7) is 16.5. The zero-order valence-electron chi connectivity index (χ0n) is 30.2. The third kappa shape index (κ3) is 5.24. The van der Waals surface area contributed by atoms with Crippen molar-refractivity contribution in [1.82, 2.24) is 15.1 Å². The predicted molar refractivity (Wildman–Crippen MR) is 191 cm³/mol. The van der Waals surface area contributed by atoms with Crippen LogP contribution >= 0.6 is 0 Å². The van der Waals surface area contributed by atoms with Crippen molar-refractivity contribution in [3.63, 3.8) is 0 Å². The van der Waals surface area contributed by atoms with Gasteiger partial charge in [-0.2, -0.15) is 0 Å². The number of carbonyl (C=O) groups excluding carboxylic acids is 1. The summed E-state index contributed by atoms with van der Waals surface area (Å²) in [6.07, 6.45) is 18.3. The molecule has 4 unspecified atom stereocenters. The smallest absolute Gasteiger partial charge is 0.335 e. The van der Waals surface area contributed by atoms with E-state index in [9.17, 15) is 14.7 Å². The first-order chi connectivity index (χ1) is 23.0. The van der Waals surface area contributed by atoms with Crippen molar-refractivity contribution in [3.05, 3.63) is 41.5 Å². The van der Waals surface area contributed by atoms with Crippen LogP contribution in [0.15, 0.2) is 30.3 Å². The van der Waals surface area contributed by atoms with Crippen LogP contribution in [-0.2, 0) is 4.79 Å². The zero-order valence-corrected chi connectivity index (χ0v) is 30.2. The molecule has 0 bridgehead atoms. The second kappa shape index (κ2) is 12.0. The van der Waals surface area contributed by atoms with Crippen molar-refractivity contribution in [1.29, 1.82) is 0 Å². The summed E-state index contributed by atoms with van der Waals surface area (Å²) in [5, 5.41) is 13.7. The van der Waals surface area contributed by atoms with Crippen LogP contribution in [0.2, 0.25) is 0 Å². The lowest BCUT2D eigenvalue weighted by Gasteiger charge is -2.68. The van der Waals surface area contributed by atoms with E-state index < -0.39 is 5.97 Å². The van der Waals surface area contributed by atoms with Gasteiger partial charge >= 0.3 is 5.97 Å². The van der Waals surface area contributed by atoms with Gasteiger partial charge in [0.1, 0.15) is 0 Å². The molecule has 262 valence electrons. The number of hydrogen-bond acceptors (Lipinski definition) is 4. The first-order valence-corrected chi connectivity index (χ1v) is 19.8. The van der Waals surface area contributed by atoms with E-state index in [0.717, 1.165) is 82.2 Å². The zero-order chi connectivity index (χ0) is 33.5. The SMILES string of the molecule is CC1(C)C(c2ccc(C(=O)O)cc2)=CC[C@@]2(C)C1CC[C@@]1(C)C3CC[C@@]4(NCCN5CCN(C(=O)C6CC6)CC5)CCCC4[C@H]3CCC12. The van der Waals surface area contributed by atoms with Crippen molar-refractivity contribution in [2.75, 3.05) is 39.3 Å². The average Bonchev–Trinajstić information content (AvgIpc) is 3.83. The number of piperazine rings is 1. The molecule has 0 aromatic heterocycles. The largest absolute Gasteiger partial charge is 0.478 e. The number of benzene rings is 1. The molecule has 8 atom stereocenters. The van der Waals surface area contributed by atoms with E-state index in [4.69, 9.17) is 0 Å². The lowest BCUT2D eigenvalue weighted by molar-refractivity contribution is -0.172. The van der Waals surface area contributed by atoms with Crippen LogP contribution in [0.25, 0.3) is 5.57 Å². The summed E-state index contributed by atoms with van der Waals surface area (Å²) >= 11 is 0. The van der Waals surface area contributed by atoms with E-state index in [0.29, 0.717) is 39.7 Å². The number of hydrogen-bond donors (Lipinski definition) is 2. The maximum atomic E-state index is 12.5. The Kier molecular flexibility index (Phi) is 8.22. The summed E-state index contributed by atoms with van der Waals surface area (Å²) in [7, 11) is 0. The number of amides is 1. The second-order valence-corrected chi connectivity index (χ2v) is 18.5. The fraction of sp³-hybridized carbons (Fsp3) is 0.762. The van der Waals surface area contributed by atoms with Crippen LogP contribution in [0.4, 0.5) is 0 Å². The van der Waals surface area contributed by atoms with Crippen molar-refractivity contribution in [2.45, 2.75) is 110 Å². The molecular formula is C42H61N3O3. The number of aromatic carboxylic acids is 1. The van der Waals surface area contributed by atoms with Gasteiger partial charge in [-0.1, -0.05) is 52.3 Å². The van der Waals surface area contributed by atoms with Gasteiger partial charge in [0.25, 0.3) is 0 Å². The highest BCUT2D eigenvalue weighted by molar-refractivity contribution is 5.88. The van der Waals surface area contributed by atoms with Gasteiger partial charge in [-0.15, -0.1) is 0 Å². The molecule has 1 aliphatic heterocycles. The maximum absolute atomic E-state index is 12.5. The monoisotopic (exact) mass is 655 g/mol. The van der Waals surface area contributed by atoms with Crippen molar-refractivity contribution < 1.29 is 14.7 Å². The minimum Gasteiger partial charge on any atom is -0.478 e. The minimum absolute atomic E-state index is 0.0619. The van der Waals surface area contributed by atoms with Crippen LogP contribution in [-0.4, -0.2) is 71.6 Å². The Hall–Kier alpha value is -2.18. The highest BCUT2D eigenvalue weighted by Crippen LogP contribution is 2.72. The van der Waals surface area contributed by atoms with Gasteiger partial charge in [0.15, 0.2) is 0 Å². The van der Waals surface area contributed by atoms with Crippen LogP contribution in [0.1, 0.15) is 121 Å². The van der Waals surface area contributed by atoms with Crippen molar-refractivity contribution in [3.8, 4) is 0 Å². The van der Waals surface area contributed by atoms with Crippen LogP contribution < -0.4 is 5.32 Å². The van der Waals surface area contributed by atoms with E-state index in [2.05, 4.69) is 48.9 Å². The van der Waals surface area contributed by atoms with Gasteiger partial charge in [-0.3, -0.25) is 9.69 Å². The molecule has 1 aromatic carbocycles. The lowest BCUT2D eigenvalue weighted by Crippen LogP contribution is -2.64. The van der Waals surface area contributed by atoms with E-state index in [1.54, 1.807) is 12.1 Å². The summed E-state index contributed by atoms with van der Waals surface area (Å²) in [4.78, 5) is 28.8. The standard InChI is InChI=1S/C42H61N3O3/c1-39(2)32(28-7-11-30(12-8-28)38(47)48)15-19-41(4)35(39)17-20-40(3)33-16-21-42(18-5-6-34(42)31(33)13-14-36(40)41)43-22-23-44-24-26-45(27-25-44)37(46)29-9-10-29/h7-8,11-12,15,29,31,33-36,43H,5-6,9-10,13-14,16-27H2,1-4H3,(H,47,48)/t31-,33?,34?,35?,36?,40-,41-,42-/m0/s1. The first-order valence-electron chi connectivity index (χ1n) is 19.8. The Morgan fingerprint density at radius 3 is 2.27 bits per heavy atom. The number of carboxylic acid groups (broad SMARTS) is 1. The molecule has 1 amide bonds. The molecule has 1 heterocycles. The number of allylic oxidation sites excluding steroid dienone is 2. The summed E-state index contributed by atoms with van der Waals surface area (Å²) in [5.41, 5.74) is 4.13. The van der Waals surface area contributed by atoms with E-state index in [1.165, 1.54) is 68.9 Å². The molecule has 0 spiro atoms. The number of rotatable bonds is 7. The molecule has 6 aliphatic carbocycles. The van der Waals surface area contributed by atoms with Crippen LogP contribution in [0, 0.1) is 51.8 Å². The van der Waals surface area contributed by atoms with E-state index in [1.807, 2.05) is 12.1 Å². The minimum atomic E-state index is -0.853. The summed E-state index contributed by atoms with van der Waals surface area (Å²) in [6, 6.07) is 7.64. The topological polar surface area (TPSA) is 72.9 Å². The molecule has 2 N–H and O–H groups in total. The van der Waals surface area contributed by atoms with Crippen LogP contribution in [0.3, 0.4) is 0 Å². The third-order valence-electron chi connectivity index (χ3n) is 16.0. The Balaban J connectivity index is 0.940. The van der Waals surface area contributed by atoms with Gasteiger partial charge in [0, 0.05) is 50.7 Å². The Morgan fingerprint density at radius 1 is 0.812 bits per heavy atom. The third-order valence-corrected chi connectivity index (χ3v) is 16.0. The van der Waals surface area contributed by atoms with Gasteiger partial charge in [0.05, 0.1) is 5.56 Å². The summed E-state index contributed by atoms with van der Waals surface area (Å²) in [5.74, 6) is 3.86. The number of fused-ring (bicyclic) bond motifs is 7. The number of nitrogens with zero attached hydrogens (tertiary/aromatic N) is 2. The second-order valence-electron chi connectivity index (χ2n) is 18.5. The molecule has 48 heavy (non-hydrogen) atoms. The molecule has 6 heteroatoms. The predicted octanol–water partition coefficient (Wildman–Crippen LogP) is 7.74. The molecule has 1 aromatic rings. The fourth-order valence-electron chi connectivity index (χ4n) is 13.7.